The summed E-state index contributed by atoms with van der Waals surface area (Å²) in [6.45, 7) is 0.587. The third-order valence-electron chi connectivity index (χ3n) is 3.60. The first-order valence-corrected chi connectivity index (χ1v) is 6.40. The molecule has 4 heteroatoms. The van der Waals surface area contributed by atoms with E-state index in [0.29, 0.717) is 13.0 Å². The summed E-state index contributed by atoms with van der Waals surface area (Å²) in [5.74, 6) is -0.625. The number of nitrogens with one attached hydrogen (secondary N) is 1. The fourth-order valence-corrected chi connectivity index (χ4v) is 2.51. The summed E-state index contributed by atoms with van der Waals surface area (Å²) in [7, 11) is 0. The molecule has 4 nitrogen and oxygen atoms in total. The summed E-state index contributed by atoms with van der Waals surface area (Å²) in [5, 5.41) is 22.0. The van der Waals surface area contributed by atoms with E-state index in [9.17, 15) is 9.90 Å². The van der Waals surface area contributed by atoms with Crippen LogP contribution in [0, 0.1) is 5.92 Å². The van der Waals surface area contributed by atoms with Crippen molar-refractivity contribution in [2.24, 2.45) is 5.92 Å². The summed E-state index contributed by atoms with van der Waals surface area (Å²) in [6, 6.07) is 7.45. The molecular formula is C14H19NO3. The third kappa shape index (κ3) is 3.23. The van der Waals surface area contributed by atoms with Crippen molar-refractivity contribution >= 4 is 5.97 Å². The molecule has 2 unspecified atom stereocenters. The molecule has 0 spiro atoms. The van der Waals surface area contributed by atoms with Gasteiger partial charge in [0, 0.05) is 18.2 Å². The van der Waals surface area contributed by atoms with E-state index in [1.807, 2.05) is 12.1 Å². The zero-order valence-corrected chi connectivity index (χ0v) is 10.3. The Labute approximate surface area is 107 Å². The van der Waals surface area contributed by atoms with Gasteiger partial charge in [-0.25, -0.2) is 0 Å². The molecule has 1 aromatic rings. The highest BCUT2D eigenvalue weighted by molar-refractivity contribution is 5.70. The predicted molar refractivity (Wildman–Crippen MR) is 68.3 cm³/mol. The minimum Gasteiger partial charge on any atom is -0.508 e. The SMILES string of the molecule is O=C(O)C1CCCC(NCc2ccccc2O)C1. The van der Waals surface area contributed by atoms with E-state index >= 15 is 0 Å². The van der Waals surface area contributed by atoms with Gasteiger partial charge in [-0.3, -0.25) is 4.79 Å². The van der Waals surface area contributed by atoms with Crippen molar-refractivity contribution in [3.63, 3.8) is 0 Å². The van der Waals surface area contributed by atoms with E-state index < -0.39 is 5.97 Å². The molecule has 0 bridgehead atoms. The average molecular weight is 249 g/mol. The largest absolute Gasteiger partial charge is 0.508 e. The Bertz CT molecular complexity index is 419. The number of phenolic OH excluding ortho intramolecular Hbond substituents is 1. The number of carboxylic acid groups (broad SMARTS) is 1. The second-order valence-electron chi connectivity index (χ2n) is 4.91. The molecule has 0 heterocycles. The van der Waals surface area contributed by atoms with Crippen molar-refractivity contribution in [3.05, 3.63) is 29.8 Å². The number of rotatable bonds is 4. The molecule has 1 aliphatic rings. The third-order valence-corrected chi connectivity index (χ3v) is 3.60. The van der Waals surface area contributed by atoms with Crippen LogP contribution in [0.1, 0.15) is 31.2 Å². The lowest BCUT2D eigenvalue weighted by molar-refractivity contribution is -0.143. The van der Waals surface area contributed by atoms with E-state index in [2.05, 4.69) is 5.32 Å². The number of aliphatic carboxylic acids is 1. The minimum absolute atomic E-state index is 0.222. The normalized spacial score (nSPS) is 23.8. The quantitative estimate of drug-likeness (QED) is 0.764. The Hall–Kier alpha value is -1.55. The number of aromatic hydroxyl groups is 1. The number of hydrogen-bond acceptors (Lipinski definition) is 3. The summed E-state index contributed by atoms with van der Waals surface area (Å²) >= 11 is 0. The molecule has 3 N–H and O–H groups in total. The van der Waals surface area contributed by atoms with E-state index in [0.717, 1.165) is 24.8 Å². The molecule has 1 aliphatic carbocycles. The van der Waals surface area contributed by atoms with Crippen LogP contribution in [0.25, 0.3) is 0 Å². The van der Waals surface area contributed by atoms with Crippen LogP contribution in [-0.4, -0.2) is 22.2 Å². The summed E-state index contributed by atoms with van der Waals surface area (Å²) < 4.78 is 0. The standard InChI is InChI=1S/C14H19NO3/c16-13-7-2-1-4-11(13)9-15-12-6-3-5-10(8-12)14(17)18/h1-2,4,7,10,12,15-16H,3,5-6,8-9H2,(H,17,18). The van der Waals surface area contributed by atoms with Crippen LogP contribution >= 0.6 is 0 Å². The van der Waals surface area contributed by atoms with Gasteiger partial charge in [-0.2, -0.15) is 0 Å². The number of hydrogen-bond donors (Lipinski definition) is 3. The van der Waals surface area contributed by atoms with Gasteiger partial charge < -0.3 is 15.5 Å². The maximum absolute atomic E-state index is 11.0. The topological polar surface area (TPSA) is 69.6 Å². The van der Waals surface area contributed by atoms with Crippen LogP contribution < -0.4 is 5.32 Å². The van der Waals surface area contributed by atoms with Gasteiger partial charge in [0.15, 0.2) is 0 Å². The van der Waals surface area contributed by atoms with Gasteiger partial charge in [-0.05, 0) is 25.3 Å². The summed E-state index contributed by atoms with van der Waals surface area (Å²) in [5.41, 5.74) is 0.856. The molecule has 1 aromatic carbocycles. The smallest absolute Gasteiger partial charge is 0.306 e. The fourth-order valence-electron chi connectivity index (χ4n) is 2.51. The number of benzene rings is 1. The highest BCUT2D eigenvalue weighted by atomic mass is 16.4. The number of para-hydroxylation sites is 1. The van der Waals surface area contributed by atoms with Crippen molar-refractivity contribution in [1.82, 2.24) is 5.32 Å². The average Bonchev–Trinajstić information content (AvgIpc) is 2.38. The van der Waals surface area contributed by atoms with Crippen LogP contribution in [0.3, 0.4) is 0 Å². The lowest BCUT2D eigenvalue weighted by atomic mass is 9.86. The monoisotopic (exact) mass is 249 g/mol. The van der Waals surface area contributed by atoms with Crippen LogP contribution in [-0.2, 0) is 11.3 Å². The second-order valence-corrected chi connectivity index (χ2v) is 4.91. The van der Waals surface area contributed by atoms with Crippen molar-refractivity contribution < 1.29 is 15.0 Å². The Morgan fingerprint density at radius 3 is 2.83 bits per heavy atom. The molecule has 2 atom stereocenters. The molecular weight excluding hydrogens is 230 g/mol. The molecule has 1 fully saturated rings. The summed E-state index contributed by atoms with van der Waals surface area (Å²) in [4.78, 5) is 11.0. The van der Waals surface area contributed by atoms with Gasteiger partial charge in [0.05, 0.1) is 5.92 Å². The van der Waals surface area contributed by atoms with Gasteiger partial charge in [0.25, 0.3) is 0 Å². The van der Waals surface area contributed by atoms with Crippen LogP contribution in [0.4, 0.5) is 0 Å². The highest BCUT2D eigenvalue weighted by Crippen LogP contribution is 2.25. The first-order valence-electron chi connectivity index (χ1n) is 6.40. The second kappa shape index (κ2) is 5.87. The lowest BCUT2D eigenvalue weighted by Crippen LogP contribution is -2.36. The van der Waals surface area contributed by atoms with E-state index in [-0.39, 0.29) is 17.7 Å². The van der Waals surface area contributed by atoms with Crippen molar-refractivity contribution in [2.75, 3.05) is 0 Å². The zero-order chi connectivity index (χ0) is 13.0. The highest BCUT2D eigenvalue weighted by Gasteiger charge is 2.26. The molecule has 18 heavy (non-hydrogen) atoms. The van der Waals surface area contributed by atoms with Gasteiger partial charge >= 0.3 is 5.97 Å². The summed E-state index contributed by atoms with van der Waals surface area (Å²) in [6.07, 6.45) is 3.43. The Balaban J connectivity index is 1.87. The molecule has 0 aliphatic heterocycles. The van der Waals surface area contributed by atoms with E-state index in [4.69, 9.17) is 5.11 Å². The van der Waals surface area contributed by atoms with Crippen molar-refractivity contribution in [3.8, 4) is 5.75 Å². The number of phenols is 1. The fraction of sp³-hybridized carbons (Fsp3) is 0.500. The van der Waals surface area contributed by atoms with Crippen LogP contribution in [0.2, 0.25) is 0 Å². The Morgan fingerprint density at radius 2 is 2.11 bits per heavy atom. The minimum atomic E-state index is -0.691. The van der Waals surface area contributed by atoms with Crippen molar-refractivity contribution in [2.45, 2.75) is 38.3 Å². The Kier molecular flexibility index (Phi) is 4.20. The number of carboxylic acids is 1. The molecule has 0 radical (unpaired) electrons. The van der Waals surface area contributed by atoms with Gasteiger partial charge in [-0.15, -0.1) is 0 Å². The molecule has 2 rings (SSSR count). The van der Waals surface area contributed by atoms with Crippen LogP contribution in [0.5, 0.6) is 5.75 Å². The van der Waals surface area contributed by atoms with Gasteiger partial charge in [0.1, 0.15) is 5.75 Å². The predicted octanol–water partition coefficient (Wildman–Crippen LogP) is 2.13. The van der Waals surface area contributed by atoms with E-state index in [1.165, 1.54) is 0 Å². The maximum atomic E-state index is 11.0. The Morgan fingerprint density at radius 1 is 1.33 bits per heavy atom. The first kappa shape index (κ1) is 12.9. The van der Waals surface area contributed by atoms with Crippen LogP contribution in [0.15, 0.2) is 24.3 Å². The molecule has 0 saturated heterocycles. The molecule has 0 amide bonds. The van der Waals surface area contributed by atoms with E-state index in [1.54, 1.807) is 12.1 Å². The van der Waals surface area contributed by atoms with Crippen molar-refractivity contribution in [1.29, 1.82) is 0 Å². The lowest BCUT2D eigenvalue weighted by Gasteiger charge is -2.27. The van der Waals surface area contributed by atoms with Gasteiger partial charge in [-0.1, -0.05) is 24.6 Å². The maximum Gasteiger partial charge on any atom is 0.306 e. The molecule has 0 aromatic heterocycles. The molecule has 98 valence electrons. The first-order chi connectivity index (χ1) is 8.66. The molecule has 1 saturated carbocycles. The van der Waals surface area contributed by atoms with Gasteiger partial charge in [0.2, 0.25) is 0 Å². The zero-order valence-electron chi connectivity index (χ0n) is 10.3. The number of carbonyl (C=O) groups is 1.